The van der Waals surface area contributed by atoms with Crippen LogP contribution >= 0.6 is 12.4 Å². The standard InChI is InChI=1S/C12H16F2N2O.ClH/c13-12(14)17-11-3-1-9(2-4-11)7-16-6-5-10(15)8-16;/h1-4,10,12H,5-8,15H2;1H. The molecule has 1 unspecified atom stereocenters. The summed E-state index contributed by atoms with van der Waals surface area (Å²) in [6.07, 6.45) is 1.02. The van der Waals surface area contributed by atoms with E-state index < -0.39 is 6.61 Å². The van der Waals surface area contributed by atoms with Crippen LogP contribution in [0.3, 0.4) is 0 Å². The quantitative estimate of drug-likeness (QED) is 0.918. The zero-order valence-corrected chi connectivity index (χ0v) is 10.7. The normalized spacial score (nSPS) is 19.9. The number of nitrogens with two attached hydrogens (primary N) is 1. The highest BCUT2D eigenvalue weighted by molar-refractivity contribution is 5.85. The Morgan fingerprint density at radius 3 is 2.50 bits per heavy atom. The van der Waals surface area contributed by atoms with E-state index in [2.05, 4.69) is 9.64 Å². The lowest BCUT2D eigenvalue weighted by Gasteiger charge is -2.15. The fourth-order valence-corrected chi connectivity index (χ4v) is 2.04. The van der Waals surface area contributed by atoms with E-state index in [0.717, 1.165) is 31.6 Å². The lowest BCUT2D eigenvalue weighted by Crippen LogP contribution is -2.26. The van der Waals surface area contributed by atoms with Crippen LogP contribution in [0.1, 0.15) is 12.0 Å². The van der Waals surface area contributed by atoms with Gasteiger partial charge in [-0.15, -0.1) is 12.4 Å². The number of halogens is 3. The largest absolute Gasteiger partial charge is 0.435 e. The van der Waals surface area contributed by atoms with E-state index in [1.165, 1.54) is 0 Å². The summed E-state index contributed by atoms with van der Waals surface area (Å²) in [4.78, 5) is 2.26. The van der Waals surface area contributed by atoms with Crippen molar-refractivity contribution in [1.29, 1.82) is 0 Å². The molecule has 0 bridgehead atoms. The van der Waals surface area contributed by atoms with Crippen LogP contribution in [0, 0.1) is 0 Å². The summed E-state index contributed by atoms with van der Waals surface area (Å²) >= 11 is 0. The third kappa shape index (κ3) is 4.40. The molecule has 0 aromatic heterocycles. The molecule has 1 heterocycles. The predicted octanol–water partition coefficient (Wildman–Crippen LogP) is 2.24. The van der Waals surface area contributed by atoms with E-state index in [1.54, 1.807) is 12.1 Å². The second-order valence-electron chi connectivity index (χ2n) is 4.31. The van der Waals surface area contributed by atoms with Crippen LogP contribution in [-0.2, 0) is 6.54 Å². The minimum atomic E-state index is -2.77. The van der Waals surface area contributed by atoms with Crippen LogP contribution in [0.15, 0.2) is 24.3 Å². The third-order valence-corrected chi connectivity index (χ3v) is 2.86. The Morgan fingerprint density at radius 2 is 2.00 bits per heavy atom. The van der Waals surface area contributed by atoms with E-state index in [0.29, 0.717) is 0 Å². The van der Waals surface area contributed by atoms with Gasteiger partial charge >= 0.3 is 6.61 Å². The Morgan fingerprint density at radius 1 is 1.33 bits per heavy atom. The van der Waals surface area contributed by atoms with Crippen molar-refractivity contribution in [3.05, 3.63) is 29.8 Å². The first-order valence-electron chi connectivity index (χ1n) is 5.65. The Bertz CT molecular complexity index is 362. The van der Waals surface area contributed by atoms with Crippen molar-refractivity contribution in [1.82, 2.24) is 4.90 Å². The number of alkyl halides is 2. The van der Waals surface area contributed by atoms with Gasteiger partial charge < -0.3 is 10.5 Å². The summed E-state index contributed by atoms with van der Waals surface area (Å²) in [6, 6.07) is 7.01. The van der Waals surface area contributed by atoms with Crippen molar-refractivity contribution in [3.8, 4) is 5.75 Å². The number of hydrogen-bond acceptors (Lipinski definition) is 3. The fraction of sp³-hybridized carbons (Fsp3) is 0.500. The molecule has 1 aromatic rings. The van der Waals surface area contributed by atoms with Crippen LogP contribution < -0.4 is 10.5 Å². The molecule has 2 rings (SSSR count). The Labute approximate surface area is 111 Å². The Kier molecular flexibility index (Phi) is 5.78. The van der Waals surface area contributed by atoms with Gasteiger partial charge in [-0.3, -0.25) is 4.90 Å². The van der Waals surface area contributed by atoms with Crippen molar-refractivity contribution in [2.45, 2.75) is 25.6 Å². The molecule has 18 heavy (non-hydrogen) atoms. The maximum atomic E-state index is 11.9. The van der Waals surface area contributed by atoms with Crippen LogP contribution in [0.25, 0.3) is 0 Å². The van der Waals surface area contributed by atoms with Gasteiger partial charge in [0.25, 0.3) is 0 Å². The van der Waals surface area contributed by atoms with Crippen molar-refractivity contribution in [3.63, 3.8) is 0 Å². The van der Waals surface area contributed by atoms with Crippen molar-refractivity contribution in [2.75, 3.05) is 13.1 Å². The van der Waals surface area contributed by atoms with Crippen LogP contribution in [0.4, 0.5) is 8.78 Å². The van der Waals surface area contributed by atoms with Crippen molar-refractivity contribution in [2.24, 2.45) is 5.73 Å². The first kappa shape index (κ1) is 15.1. The third-order valence-electron chi connectivity index (χ3n) is 2.86. The van der Waals surface area contributed by atoms with Gasteiger partial charge in [0.15, 0.2) is 0 Å². The SMILES string of the molecule is Cl.NC1CCN(Cc2ccc(OC(F)F)cc2)C1. The second-order valence-corrected chi connectivity index (χ2v) is 4.31. The highest BCUT2D eigenvalue weighted by Gasteiger charge is 2.18. The summed E-state index contributed by atoms with van der Waals surface area (Å²) in [6.45, 7) is -0.0635. The van der Waals surface area contributed by atoms with E-state index in [9.17, 15) is 8.78 Å². The molecule has 0 radical (unpaired) electrons. The maximum absolute atomic E-state index is 11.9. The molecular weight excluding hydrogens is 262 g/mol. The minimum Gasteiger partial charge on any atom is -0.435 e. The summed E-state index contributed by atoms with van der Waals surface area (Å²) in [7, 11) is 0. The monoisotopic (exact) mass is 278 g/mol. The highest BCUT2D eigenvalue weighted by atomic mass is 35.5. The lowest BCUT2D eigenvalue weighted by molar-refractivity contribution is -0.0498. The molecule has 1 atom stereocenters. The Hall–Kier alpha value is -0.910. The minimum absolute atomic E-state index is 0. The average Bonchev–Trinajstić information content (AvgIpc) is 2.66. The smallest absolute Gasteiger partial charge is 0.387 e. The first-order valence-corrected chi connectivity index (χ1v) is 5.65. The molecule has 1 aromatic carbocycles. The predicted molar refractivity (Wildman–Crippen MR) is 68.2 cm³/mol. The van der Waals surface area contributed by atoms with E-state index in [-0.39, 0.29) is 24.2 Å². The fourth-order valence-electron chi connectivity index (χ4n) is 2.04. The van der Waals surface area contributed by atoms with E-state index >= 15 is 0 Å². The highest BCUT2D eigenvalue weighted by Crippen LogP contribution is 2.17. The molecule has 3 nitrogen and oxygen atoms in total. The van der Waals surface area contributed by atoms with Gasteiger partial charge in [0.2, 0.25) is 0 Å². The van der Waals surface area contributed by atoms with Crippen LogP contribution in [-0.4, -0.2) is 30.6 Å². The zero-order chi connectivity index (χ0) is 12.3. The molecule has 0 aliphatic carbocycles. The van der Waals surface area contributed by atoms with Gasteiger partial charge in [0.1, 0.15) is 5.75 Å². The lowest BCUT2D eigenvalue weighted by atomic mass is 10.2. The summed E-state index contributed by atoms with van der Waals surface area (Å²) in [5.74, 6) is 0.196. The average molecular weight is 279 g/mol. The number of benzene rings is 1. The summed E-state index contributed by atoms with van der Waals surface area (Å²) in [5, 5.41) is 0. The Balaban J connectivity index is 0.00000162. The van der Waals surface area contributed by atoms with Crippen LogP contribution in [0.2, 0.25) is 0 Å². The molecule has 0 spiro atoms. The number of hydrogen-bond donors (Lipinski definition) is 1. The van der Waals surface area contributed by atoms with Gasteiger partial charge in [-0.2, -0.15) is 8.78 Å². The molecule has 6 heteroatoms. The molecular formula is C12H17ClF2N2O. The second kappa shape index (κ2) is 6.87. The molecule has 2 N–H and O–H groups in total. The van der Waals surface area contributed by atoms with Crippen molar-refractivity contribution < 1.29 is 13.5 Å². The van der Waals surface area contributed by atoms with Gasteiger partial charge in [-0.1, -0.05) is 12.1 Å². The van der Waals surface area contributed by atoms with Crippen molar-refractivity contribution >= 4 is 12.4 Å². The van der Waals surface area contributed by atoms with E-state index in [4.69, 9.17) is 5.73 Å². The molecule has 0 saturated carbocycles. The van der Waals surface area contributed by atoms with Gasteiger partial charge in [0.05, 0.1) is 0 Å². The summed E-state index contributed by atoms with van der Waals surface area (Å²) < 4.78 is 28.2. The van der Waals surface area contributed by atoms with Gasteiger partial charge in [0, 0.05) is 25.7 Å². The molecule has 1 saturated heterocycles. The molecule has 102 valence electrons. The van der Waals surface area contributed by atoms with E-state index in [1.807, 2.05) is 12.1 Å². The maximum Gasteiger partial charge on any atom is 0.387 e. The number of rotatable bonds is 4. The number of nitrogens with zero attached hydrogens (tertiary/aromatic N) is 1. The topological polar surface area (TPSA) is 38.5 Å². The van der Waals surface area contributed by atoms with Gasteiger partial charge in [-0.05, 0) is 24.1 Å². The number of likely N-dealkylation sites (tertiary alicyclic amines) is 1. The first-order chi connectivity index (χ1) is 8.13. The van der Waals surface area contributed by atoms with Crippen LogP contribution in [0.5, 0.6) is 5.75 Å². The zero-order valence-electron chi connectivity index (χ0n) is 9.89. The molecule has 0 amide bonds. The molecule has 1 aliphatic heterocycles. The van der Waals surface area contributed by atoms with Gasteiger partial charge in [-0.25, -0.2) is 0 Å². The number of ether oxygens (including phenoxy) is 1. The summed E-state index contributed by atoms with van der Waals surface area (Å²) in [5.41, 5.74) is 6.90. The molecule has 1 aliphatic rings. The molecule has 1 fully saturated rings.